The average molecular weight is 529 g/mol. The summed E-state index contributed by atoms with van der Waals surface area (Å²) in [6.45, 7) is 4.16. The zero-order chi connectivity index (χ0) is 27.7. The molecule has 0 unspecified atom stereocenters. The Balaban J connectivity index is 1.51. The van der Waals surface area contributed by atoms with Crippen molar-refractivity contribution in [2.75, 3.05) is 0 Å². The van der Waals surface area contributed by atoms with Crippen molar-refractivity contribution in [2.24, 2.45) is 0 Å². The number of fused-ring (bicyclic) bond motifs is 2. The Bertz CT molecular complexity index is 1770. The van der Waals surface area contributed by atoms with Crippen LogP contribution in [0.1, 0.15) is 36.7 Å². The lowest BCUT2D eigenvalue weighted by Crippen LogP contribution is -2.16. The Morgan fingerprint density at radius 1 is 0.897 bits per heavy atom. The smallest absolute Gasteiger partial charge is 0.450 e. The largest absolute Gasteiger partial charge is 0.450 e. The van der Waals surface area contributed by atoms with Gasteiger partial charge in [0, 0.05) is 12.1 Å². The number of carbonyl (C=O) groups is 1. The molecule has 1 aromatic heterocycles. The summed E-state index contributed by atoms with van der Waals surface area (Å²) < 4.78 is 53.0. The van der Waals surface area contributed by atoms with Crippen LogP contribution in [0.5, 0.6) is 5.75 Å². The molecule has 5 rings (SSSR count). The molecule has 0 amide bonds. The lowest BCUT2D eigenvalue weighted by Gasteiger charge is -2.14. The highest BCUT2D eigenvalue weighted by atomic mass is 19.4. The van der Waals surface area contributed by atoms with E-state index < -0.39 is 28.9 Å². The number of halogens is 3. The summed E-state index contributed by atoms with van der Waals surface area (Å²) in [5, 5.41) is 1.12. The van der Waals surface area contributed by atoms with Gasteiger partial charge in [0.2, 0.25) is 11.2 Å². The number of hydrogen-bond donors (Lipinski definition) is 0. The summed E-state index contributed by atoms with van der Waals surface area (Å²) in [5.41, 5.74) is 0.337. The standard InChI is InChI=1S/C32H23F3O4/c1-19(2)21-13-10-20(11-14-21)12-17-28(36)38-23-15-16-26-27(18-23)39-31(32(33,34)35)29(30(26)37)25-9-5-7-22-6-3-4-8-24(22)25/h3-19H,1-2H3. The molecule has 5 aromatic rings. The van der Waals surface area contributed by atoms with Gasteiger partial charge in [0.1, 0.15) is 11.3 Å². The maximum absolute atomic E-state index is 14.2. The van der Waals surface area contributed by atoms with E-state index in [1.807, 2.05) is 24.3 Å². The van der Waals surface area contributed by atoms with E-state index >= 15 is 0 Å². The van der Waals surface area contributed by atoms with Crippen molar-refractivity contribution in [1.82, 2.24) is 0 Å². The van der Waals surface area contributed by atoms with Gasteiger partial charge in [-0.2, -0.15) is 13.2 Å². The molecule has 0 fully saturated rings. The minimum absolute atomic E-state index is 0.0542. The van der Waals surface area contributed by atoms with E-state index in [-0.39, 0.29) is 22.3 Å². The molecule has 4 aromatic carbocycles. The van der Waals surface area contributed by atoms with E-state index in [4.69, 9.17) is 9.15 Å². The number of hydrogen-bond acceptors (Lipinski definition) is 4. The van der Waals surface area contributed by atoms with E-state index in [0.29, 0.717) is 16.7 Å². The van der Waals surface area contributed by atoms with Crippen LogP contribution in [0.4, 0.5) is 13.2 Å². The molecule has 7 heteroatoms. The third kappa shape index (κ3) is 5.34. The molecule has 0 spiro atoms. The number of carbonyl (C=O) groups excluding carboxylic acids is 1. The van der Waals surface area contributed by atoms with Crippen LogP contribution in [0.15, 0.2) is 100 Å². The average Bonchev–Trinajstić information content (AvgIpc) is 2.91. The van der Waals surface area contributed by atoms with E-state index in [1.54, 1.807) is 42.5 Å². The molecule has 196 valence electrons. The van der Waals surface area contributed by atoms with Crippen molar-refractivity contribution in [2.45, 2.75) is 25.9 Å². The summed E-state index contributed by atoms with van der Waals surface area (Å²) >= 11 is 0. The van der Waals surface area contributed by atoms with Gasteiger partial charge < -0.3 is 9.15 Å². The molecule has 39 heavy (non-hydrogen) atoms. The molecule has 0 N–H and O–H groups in total. The van der Waals surface area contributed by atoms with Crippen molar-refractivity contribution in [3.8, 4) is 16.9 Å². The Morgan fingerprint density at radius 2 is 1.62 bits per heavy atom. The van der Waals surface area contributed by atoms with Crippen molar-refractivity contribution in [3.63, 3.8) is 0 Å². The zero-order valence-electron chi connectivity index (χ0n) is 21.1. The summed E-state index contributed by atoms with van der Waals surface area (Å²) in [7, 11) is 0. The fourth-order valence-electron chi connectivity index (χ4n) is 4.43. The minimum atomic E-state index is -4.94. The van der Waals surface area contributed by atoms with Crippen molar-refractivity contribution < 1.29 is 27.1 Å². The van der Waals surface area contributed by atoms with Gasteiger partial charge in [0.25, 0.3) is 0 Å². The first-order valence-electron chi connectivity index (χ1n) is 12.3. The summed E-state index contributed by atoms with van der Waals surface area (Å²) in [6.07, 6.45) is -2.15. The van der Waals surface area contributed by atoms with Gasteiger partial charge in [-0.25, -0.2) is 4.79 Å². The highest BCUT2D eigenvalue weighted by Gasteiger charge is 2.39. The fraction of sp³-hybridized carbons (Fsp3) is 0.125. The number of rotatable bonds is 5. The second kappa shape index (κ2) is 10.3. The number of benzene rings is 4. The SMILES string of the molecule is CC(C)c1ccc(C=CC(=O)Oc2ccc3c(=O)c(-c4cccc5ccccc45)c(C(F)(F)F)oc3c2)cc1. The summed E-state index contributed by atoms with van der Waals surface area (Å²) in [6, 6.07) is 23.1. The van der Waals surface area contributed by atoms with Crippen LogP contribution >= 0.6 is 0 Å². The van der Waals surface area contributed by atoms with E-state index in [0.717, 1.165) is 17.2 Å². The first-order valence-corrected chi connectivity index (χ1v) is 12.3. The maximum atomic E-state index is 14.2. The highest BCUT2D eigenvalue weighted by Crippen LogP contribution is 2.39. The van der Waals surface area contributed by atoms with Gasteiger partial charge in [-0.1, -0.05) is 80.6 Å². The molecule has 4 nitrogen and oxygen atoms in total. The third-order valence-corrected chi connectivity index (χ3v) is 6.41. The minimum Gasteiger partial charge on any atom is -0.450 e. The highest BCUT2D eigenvalue weighted by molar-refractivity contribution is 5.99. The second-order valence-electron chi connectivity index (χ2n) is 9.39. The van der Waals surface area contributed by atoms with Crippen LogP contribution in [0.25, 0.3) is 38.9 Å². The first kappa shape index (κ1) is 26.0. The predicted molar refractivity (Wildman–Crippen MR) is 146 cm³/mol. The quantitative estimate of drug-likeness (QED) is 0.131. The van der Waals surface area contributed by atoms with Crippen LogP contribution in [0.2, 0.25) is 0 Å². The molecule has 0 radical (unpaired) electrons. The lowest BCUT2D eigenvalue weighted by atomic mass is 9.96. The van der Waals surface area contributed by atoms with Gasteiger partial charge in [-0.15, -0.1) is 0 Å². The van der Waals surface area contributed by atoms with Crippen LogP contribution in [0, 0.1) is 0 Å². The van der Waals surface area contributed by atoms with Gasteiger partial charge >= 0.3 is 12.1 Å². The van der Waals surface area contributed by atoms with Gasteiger partial charge in [0.15, 0.2) is 0 Å². The Labute approximate surface area is 222 Å². The Hall–Kier alpha value is -4.65. The van der Waals surface area contributed by atoms with E-state index in [9.17, 15) is 22.8 Å². The van der Waals surface area contributed by atoms with Gasteiger partial charge in [-0.3, -0.25) is 4.79 Å². The topological polar surface area (TPSA) is 56.5 Å². The van der Waals surface area contributed by atoms with Gasteiger partial charge in [0.05, 0.1) is 10.9 Å². The Kier molecular flexibility index (Phi) is 6.83. The summed E-state index contributed by atoms with van der Waals surface area (Å²) in [5.74, 6) is -1.82. The van der Waals surface area contributed by atoms with Crippen molar-refractivity contribution in [3.05, 3.63) is 118 Å². The third-order valence-electron chi connectivity index (χ3n) is 6.41. The molecular weight excluding hydrogens is 505 g/mol. The molecule has 0 aliphatic heterocycles. The van der Waals surface area contributed by atoms with E-state index in [2.05, 4.69) is 13.8 Å². The van der Waals surface area contributed by atoms with Crippen LogP contribution in [-0.4, -0.2) is 5.97 Å². The summed E-state index contributed by atoms with van der Waals surface area (Å²) in [4.78, 5) is 25.8. The van der Waals surface area contributed by atoms with Crippen LogP contribution in [-0.2, 0) is 11.0 Å². The fourth-order valence-corrected chi connectivity index (χ4v) is 4.43. The predicted octanol–water partition coefficient (Wildman–Crippen LogP) is 8.37. The normalized spacial score (nSPS) is 12.1. The van der Waals surface area contributed by atoms with Crippen molar-refractivity contribution in [1.29, 1.82) is 0 Å². The van der Waals surface area contributed by atoms with Crippen molar-refractivity contribution >= 4 is 33.8 Å². The van der Waals surface area contributed by atoms with Gasteiger partial charge in [-0.05, 0) is 51.6 Å². The van der Waals surface area contributed by atoms with E-state index in [1.165, 1.54) is 24.3 Å². The zero-order valence-corrected chi connectivity index (χ0v) is 21.1. The molecular formula is C32H23F3O4. The molecule has 0 saturated carbocycles. The number of ether oxygens (including phenoxy) is 1. The number of esters is 1. The molecule has 1 heterocycles. The molecule has 0 saturated heterocycles. The second-order valence-corrected chi connectivity index (χ2v) is 9.39. The van der Waals surface area contributed by atoms with Crippen LogP contribution in [0.3, 0.4) is 0 Å². The molecule has 0 bridgehead atoms. The molecule has 0 aliphatic rings. The Morgan fingerprint density at radius 3 is 2.33 bits per heavy atom. The first-order chi connectivity index (χ1) is 18.6. The van der Waals surface area contributed by atoms with Crippen LogP contribution < -0.4 is 10.2 Å². The molecule has 0 aliphatic carbocycles. The monoisotopic (exact) mass is 528 g/mol. The molecule has 0 atom stereocenters. The number of alkyl halides is 3. The maximum Gasteiger partial charge on any atom is 0.450 e. The lowest BCUT2D eigenvalue weighted by molar-refractivity contribution is -0.152.